The average Bonchev–Trinajstić information content (AvgIpc) is 2.93. The van der Waals surface area contributed by atoms with Gasteiger partial charge in [0.2, 0.25) is 11.7 Å². The molecule has 7 heteroatoms. The molecule has 0 spiro atoms. The molecule has 1 aromatic heterocycles. The predicted octanol–water partition coefficient (Wildman–Crippen LogP) is 0.630. The van der Waals surface area contributed by atoms with E-state index in [9.17, 15) is 0 Å². The number of ether oxygens (including phenoxy) is 2. The van der Waals surface area contributed by atoms with Crippen molar-refractivity contribution < 1.29 is 14.0 Å². The van der Waals surface area contributed by atoms with Gasteiger partial charge in [-0.05, 0) is 20.0 Å². The van der Waals surface area contributed by atoms with Crippen LogP contribution in [0.4, 0.5) is 0 Å². The Bertz CT molecular complexity index is 413. The average molecular weight is 298 g/mol. The Morgan fingerprint density at radius 2 is 2.38 bits per heavy atom. The fraction of sp³-hybridized carbons (Fsp3) is 0.857. The number of rotatable bonds is 8. The highest BCUT2D eigenvalue weighted by Crippen LogP contribution is 2.19. The molecule has 0 aliphatic carbocycles. The Balaban J connectivity index is 1.91. The lowest BCUT2D eigenvalue weighted by atomic mass is 10.2. The summed E-state index contributed by atoms with van der Waals surface area (Å²) in [5.74, 6) is 1.27. The van der Waals surface area contributed by atoms with Gasteiger partial charge < -0.3 is 24.2 Å². The quantitative estimate of drug-likeness (QED) is 0.754. The van der Waals surface area contributed by atoms with Gasteiger partial charge in [0, 0.05) is 32.7 Å². The van der Waals surface area contributed by atoms with Crippen molar-refractivity contribution in [2.24, 2.45) is 0 Å². The van der Waals surface area contributed by atoms with Gasteiger partial charge in [0.25, 0.3) is 0 Å². The fourth-order valence-corrected chi connectivity index (χ4v) is 2.37. The number of likely N-dealkylation sites (N-methyl/N-ethyl adjacent to an activating group) is 1. The zero-order valence-electron chi connectivity index (χ0n) is 13.2. The lowest BCUT2D eigenvalue weighted by molar-refractivity contribution is -0.0264. The molecular weight excluding hydrogens is 272 g/mol. The molecule has 1 saturated heterocycles. The third kappa shape index (κ3) is 5.03. The second-order valence-electron chi connectivity index (χ2n) is 5.48. The molecule has 2 unspecified atom stereocenters. The van der Waals surface area contributed by atoms with Gasteiger partial charge in [-0.3, -0.25) is 0 Å². The number of aromatic nitrogens is 2. The first-order valence-corrected chi connectivity index (χ1v) is 7.57. The smallest absolute Gasteiger partial charge is 0.228 e. The number of morpholine rings is 1. The molecule has 1 aromatic rings. The lowest BCUT2D eigenvalue weighted by Crippen LogP contribution is -2.36. The first kappa shape index (κ1) is 16.4. The Kier molecular flexibility index (Phi) is 6.56. The molecule has 7 nitrogen and oxygen atoms in total. The van der Waals surface area contributed by atoms with Crippen LogP contribution in [0.15, 0.2) is 4.52 Å². The maximum atomic E-state index is 5.70. The Hall–Kier alpha value is -1.02. The maximum absolute atomic E-state index is 5.70. The van der Waals surface area contributed by atoms with Crippen LogP contribution in [0.2, 0.25) is 0 Å². The maximum Gasteiger partial charge on any atom is 0.228 e. The van der Waals surface area contributed by atoms with Crippen LogP contribution in [0.3, 0.4) is 0 Å². The Morgan fingerprint density at radius 3 is 3.10 bits per heavy atom. The summed E-state index contributed by atoms with van der Waals surface area (Å²) in [5, 5.41) is 7.48. The number of nitrogens with zero attached hydrogens (tertiary/aromatic N) is 3. The number of methoxy groups -OCH3 is 1. The molecule has 2 heterocycles. The number of nitrogens with one attached hydrogen (secondary N) is 1. The lowest BCUT2D eigenvalue weighted by Gasteiger charge is -2.27. The summed E-state index contributed by atoms with van der Waals surface area (Å²) >= 11 is 0. The van der Waals surface area contributed by atoms with Crippen LogP contribution in [-0.2, 0) is 15.9 Å². The first-order valence-electron chi connectivity index (χ1n) is 7.57. The SMILES string of the molecule is CCCNC(COC)Cc1nc(C2CN(C)CCO2)no1. The van der Waals surface area contributed by atoms with Crippen LogP contribution in [0, 0.1) is 0 Å². The van der Waals surface area contributed by atoms with E-state index in [-0.39, 0.29) is 12.1 Å². The second kappa shape index (κ2) is 8.43. The minimum Gasteiger partial charge on any atom is -0.383 e. The van der Waals surface area contributed by atoms with Gasteiger partial charge in [0.15, 0.2) is 0 Å². The molecule has 2 rings (SSSR count). The second-order valence-corrected chi connectivity index (χ2v) is 5.48. The zero-order chi connectivity index (χ0) is 15.1. The van der Waals surface area contributed by atoms with Gasteiger partial charge in [-0.15, -0.1) is 0 Å². The minimum absolute atomic E-state index is 0.0919. The standard InChI is InChI=1S/C14H26N4O3/c1-4-5-15-11(10-19-3)8-13-16-14(17-21-13)12-9-18(2)6-7-20-12/h11-12,15H,4-10H2,1-3H3. The molecule has 0 bridgehead atoms. The van der Waals surface area contributed by atoms with Crippen molar-refractivity contribution in [3.8, 4) is 0 Å². The highest BCUT2D eigenvalue weighted by Gasteiger charge is 2.25. The summed E-state index contributed by atoms with van der Waals surface area (Å²) in [6, 6.07) is 0.193. The summed E-state index contributed by atoms with van der Waals surface area (Å²) < 4.78 is 16.3. The van der Waals surface area contributed by atoms with Crippen molar-refractivity contribution in [2.75, 3.05) is 47.0 Å². The van der Waals surface area contributed by atoms with Gasteiger partial charge in [-0.2, -0.15) is 4.98 Å². The summed E-state index contributed by atoms with van der Waals surface area (Å²) in [7, 11) is 3.77. The topological polar surface area (TPSA) is 72.7 Å². The highest BCUT2D eigenvalue weighted by molar-refractivity contribution is 4.95. The van der Waals surface area contributed by atoms with Crippen LogP contribution in [0.5, 0.6) is 0 Å². The number of hydrogen-bond donors (Lipinski definition) is 1. The van der Waals surface area contributed by atoms with Crippen molar-refractivity contribution in [3.63, 3.8) is 0 Å². The van der Waals surface area contributed by atoms with E-state index in [2.05, 4.69) is 34.3 Å². The van der Waals surface area contributed by atoms with Gasteiger partial charge in [-0.1, -0.05) is 12.1 Å². The van der Waals surface area contributed by atoms with E-state index in [1.807, 2.05) is 0 Å². The first-order chi connectivity index (χ1) is 10.2. The van der Waals surface area contributed by atoms with Crippen molar-refractivity contribution in [3.05, 3.63) is 11.7 Å². The van der Waals surface area contributed by atoms with Crippen LogP contribution in [-0.4, -0.2) is 68.1 Å². The highest BCUT2D eigenvalue weighted by atomic mass is 16.5. The van der Waals surface area contributed by atoms with Gasteiger partial charge in [0.05, 0.1) is 13.2 Å². The van der Waals surface area contributed by atoms with Crippen molar-refractivity contribution in [2.45, 2.75) is 31.9 Å². The summed E-state index contributed by atoms with van der Waals surface area (Å²) in [5.41, 5.74) is 0. The molecule has 1 N–H and O–H groups in total. The molecule has 1 fully saturated rings. The normalized spacial score (nSPS) is 21.6. The zero-order valence-corrected chi connectivity index (χ0v) is 13.2. The molecule has 1 aliphatic heterocycles. The monoisotopic (exact) mass is 298 g/mol. The largest absolute Gasteiger partial charge is 0.383 e. The van der Waals surface area contributed by atoms with E-state index in [0.717, 1.165) is 26.1 Å². The molecule has 120 valence electrons. The molecular formula is C14H26N4O3. The predicted molar refractivity (Wildman–Crippen MR) is 78.1 cm³/mol. The molecule has 21 heavy (non-hydrogen) atoms. The minimum atomic E-state index is -0.0919. The Labute approximate surface area is 126 Å². The fourth-order valence-electron chi connectivity index (χ4n) is 2.37. The third-order valence-electron chi connectivity index (χ3n) is 3.51. The van der Waals surface area contributed by atoms with Crippen molar-refractivity contribution in [1.82, 2.24) is 20.4 Å². The molecule has 2 atom stereocenters. The van der Waals surface area contributed by atoms with E-state index < -0.39 is 0 Å². The molecule has 0 saturated carbocycles. The van der Waals surface area contributed by atoms with Crippen LogP contribution in [0.25, 0.3) is 0 Å². The van der Waals surface area contributed by atoms with Crippen molar-refractivity contribution >= 4 is 0 Å². The summed E-state index contributed by atoms with van der Waals surface area (Å²) in [6.07, 6.45) is 1.66. The van der Waals surface area contributed by atoms with Gasteiger partial charge in [0.1, 0.15) is 6.10 Å². The van der Waals surface area contributed by atoms with Crippen molar-refractivity contribution in [1.29, 1.82) is 0 Å². The Morgan fingerprint density at radius 1 is 1.52 bits per heavy atom. The number of hydrogen-bond acceptors (Lipinski definition) is 7. The van der Waals surface area contributed by atoms with Crippen LogP contribution < -0.4 is 5.32 Å². The molecule has 0 radical (unpaired) electrons. The summed E-state index contributed by atoms with van der Waals surface area (Å²) in [6.45, 7) is 6.16. The van der Waals surface area contributed by atoms with Gasteiger partial charge >= 0.3 is 0 Å². The summed E-state index contributed by atoms with van der Waals surface area (Å²) in [4.78, 5) is 6.68. The molecule has 0 aromatic carbocycles. The molecule has 1 aliphatic rings. The third-order valence-corrected chi connectivity index (χ3v) is 3.51. The molecule has 0 amide bonds. The van der Waals surface area contributed by atoms with E-state index in [1.54, 1.807) is 7.11 Å². The van der Waals surface area contributed by atoms with E-state index >= 15 is 0 Å². The van der Waals surface area contributed by atoms with E-state index in [1.165, 1.54) is 0 Å². The van der Waals surface area contributed by atoms with Crippen LogP contribution >= 0.6 is 0 Å². The van der Waals surface area contributed by atoms with E-state index in [4.69, 9.17) is 14.0 Å². The van der Waals surface area contributed by atoms with Gasteiger partial charge in [-0.25, -0.2) is 0 Å². The van der Waals surface area contributed by atoms with E-state index in [0.29, 0.717) is 31.3 Å². The van der Waals surface area contributed by atoms with Crippen LogP contribution in [0.1, 0.15) is 31.2 Å².